The van der Waals surface area contributed by atoms with Crippen molar-refractivity contribution < 1.29 is 9.13 Å². The lowest BCUT2D eigenvalue weighted by atomic mass is 10.0. The zero-order valence-corrected chi connectivity index (χ0v) is 11.2. The lowest BCUT2D eigenvalue weighted by Crippen LogP contribution is -2.17. The molecule has 0 saturated carbocycles. The molecule has 16 heavy (non-hydrogen) atoms. The van der Waals surface area contributed by atoms with Crippen molar-refractivity contribution in [2.45, 2.75) is 18.9 Å². The standard InChI is InChI=1S/C12H17BrFNO/c1-15-12(4-3-7-16-2)9-5-6-11(14)10(13)8-9/h5-6,8,12,15H,3-4,7H2,1-2H3. The lowest BCUT2D eigenvalue weighted by Gasteiger charge is -2.16. The van der Waals surface area contributed by atoms with Crippen LogP contribution < -0.4 is 5.32 Å². The van der Waals surface area contributed by atoms with Crippen LogP contribution >= 0.6 is 15.9 Å². The van der Waals surface area contributed by atoms with Gasteiger partial charge in [0.2, 0.25) is 0 Å². The molecule has 90 valence electrons. The molecule has 1 aromatic carbocycles. The van der Waals surface area contributed by atoms with Gasteiger partial charge < -0.3 is 10.1 Å². The summed E-state index contributed by atoms with van der Waals surface area (Å²) in [4.78, 5) is 0. The Morgan fingerprint density at radius 3 is 2.81 bits per heavy atom. The van der Waals surface area contributed by atoms with Crippen molar-refractivity contribution in [3.8, 4) is 0 Å². The third-order valence-electron chi connectivity index (χ3n) is 2.54. The van der Waals surface area contributed by atoms with Crippen LogP contribution in [0.15, 0.2) is 22.7 Å². The predicted molar refractivity (Wildman–Crippen MR) is 67.0 cm³/mol. The van der Waals surface area contributed by atoms with E-state index in [0.29, 0.717) is 4.47 Å². The zero-order valence-electron chi connectivity index (χ0n) is 9.59. The van der Waals surface area contributed by atoms with Crippen molar-refractivity contribution in [1.82, 2.24) is 5.32 Å². The quantitative estimate of drug-likeness (QED) is 0.812. The van der Waals surface area contributed by atoms with Crippen LogP contribution in [0.1, 0.15) is 24.4 Å². The number of hydrogen-bond acceptors (Lipinski definition) is 2. The van der Waals surface area contributed by atoms with E-state index in [1.165, 1.54) is 6.07 Å². The maximum Gasteiger partial charge on any atom is 0.137 e. The Kier molecular flexibility index (Phi) is 5.95. The van der Waals surface area contributed by atoms with E-state index in [-0.39, 0.29) is 11.9 Å². The van der Waals surface area contributed by atoms with E-state index in [1.54, 1.807) is 7.11 Å². The monoisotopic (exact) mass is 289 g/mol. The highest BCUT2D eigenvalue weighted by atomic mass is 79.9. The highest BCUT2D eigenvalue weighted by Crippen LogP contribution is 2.23. The minimum Gasteiger partial charge on any atom is -0.385 e. The zero-order chi connectivity index (χ0) is 12.0. The molecule has 0 spiro atoms. The third-order valence-corrected chi connectivity index (χ3v) is 3.14. The van der Waals surface area contributed by atoms with Gasteiger partial charge in [-0.15, -0.1) is 0 Å². The SMILES string of the molecule is CNC(CCCOC)c1ccc(F)c(Br)c1. The summed E-state index contributed by atoms with van der Waals surface area (Å²) in [6.45, 7) is 0.751. The van der Waals surface area contributed by atoms with Gasteiger partial charge in [-0.2, -0.15) is 0 Å². The van der Waals surface area contributed by atoms with E-state index in [0.717, 1.165) is 25.0 Å². The second-order valence-electron chi connectivity index (χ2n) is 3.65. The summed E-state index contributed by atoms with van der Waals surface area (Å²) in [5.41, 5.74) is 1.09. The summed E-state index contributed by atoms with van der Waals surface area (Å²) in [7, 11) is 3.61. The van der Waals surface area contributed by atoms with E-state index in [1.807, 2.05) is 19.2 Å². The van der Waals surface area contributed by atoms with E-state index < -0.39 is 0 Å². The van der Waals surface area contributed by atoms with Crippen LogP contribution in [0.25, 0.3) is 0 Å². The van der Waals surface area contributed by atoms with Gasteiger partial charge in [0.05, 0.1) is 4.47 Å². The summed E-state index contributed by atoms with van der Waals surface area (Å²) < 4.78 is 18.6. The molecule has 1 rings (SSSR count). The van der Waals surface area contributed by atoms with Crippen molar-refractivity contribution in [2.75, 3.05) is 20.8 Å². The fourth-order valence-electron chi connectivity index (χ4n) is 1.64. The van der Waals surface area contributed by atoms with Gasteiger partial charge in [-0.25, -0.2) is 4.39 Å². The molecule has 0 saturated heterocycles. The van der Waals surface area contributed by atoms with Gasteiger partial charge in [0.15, 0.2) is 0 Å². The molecule has 0 heterocycles. The van der Waals surface area contributed by atoms with Crippen LogP contribution in [0.2, 0.25) is 0 Å². The van der Waals surface area contributed by atoms with Crippen LogP contribution in [0.4, 0.5) is 4.39 Å². The van der Waals surface area contributed by atoms with Crippen LogP contribution in [-0.2, 0) is 4.74 Å². The normalized spacial score (nSPS) is 12.8. The van der Waals surface area contributed by atoms with Gasteiger partial charge in [0.1, 0.15) is 5.82 Å². The van der Waals surface area contributed by atoms with Gasteiger partial charge in [0.25, 0.3) is 0 Å². The molecule has 0 aromatic heterocycles. The molecule has 0 fully saturated rings. The van der Waals surface area contributed by atoms with Crippen LogP contribution in [0, 0.1) is 5.82 Å². The summed E-state index contributed by atoms with van der Waals surface area (Å²) in [5, 5.41) is 3.23. The average molecular weight is 290 g/mol. The van der Waals surface area contributed by atoms with E-state index in [9.17, 15) is 4.39 Å². The van der Waals surface area contributed by atoms with Crippen molar-refractivity contribution in [3.05, 3.63) is 34.1 Å². The molecule has 1 unspecified atom stereocenters. The molecule has 1 N–H and O–H groups in total. The Hall–Kier alpha value is -0.450. The molecule has 1 aromatic rings. The highest BCUT2D eigenvalue weighted by molar-refractivity contribution is 9.10. The smallest absolute Gasteiger partial charge is 0.137 e. The first kappa shape index (κ1) is 13.6. The van der Waals surface area contributed by atoms with Gasteiger partial charge >= 0.3 is 0 Å². The van der Waals surface area contributed by atoms with Crippen LogP contribution in [0.5, 0.6) is 0 Å². The second kappa shape index (κ2) is 6.99. The third kappa shape index (κ3) is 3.85. The molecule has 4 heteroatoms. The molecular weight excluding hydrogens is 273 g/mol. The number of ether oxygens (including phenoxy) is 1. The number of nitrogens with one attached hydrogen (secondary N) is 1. The van der Waals surface area contributed by atoms with Gasteiger partial charge in [-0.3, -0.25) is 0 Å². The number of methoxy groups -OCH3 is 1. The molecule has 1 atom stereocenters. The maximum atomic E-state index is 13.1. The molecule has 0 amide bonds. The van der Waals surface area contributed by atoms with Gasteiger partial charge in [-0.1, -0.05) is 6.07 Å². The molecule has 0 aliphatic heterocycles. The fraction of sp³-hybridized carbons (Fsp3) is 0.500. The number of benzene rings is 1. The molecule has 0 aliphatic rings. The largest absolute Gasteiger partial charge is 0.385 e. The fourth-order valence-corrected chi connectivity index (χ4v) is 2.04. The highest BCUT2D eigenvalue weighted by Gasteiger charge is 2.10. The number of halogens is 2. The molecular formula is C12H17BrFNO. The van der Waals surface area contributed by atoms with Crippen LogP contribution in [-0.4, -0.2) is 20.8 Å². The first-order valence-corrected chi connectivity index (χ1v) is 6.09. The average Bonchev–Trinajstić information content (AvgIpc) is 2.29. The summed E-state index contributed by atoms with van der Waals surface area (Å²) >= 11 is 3.20. The summed E-state index contributed by atoms with van der Waals surface area (Å²) in [5.74, 6) is -0.226. The number of rotatable bonds is 6. The van der Waals surface area contributed by atoms with Gasteiger partial charge in [0, 0.05) is 19.8 Å². The maximum absolute atomic E-state index is 13.1. The van der Waals surface area contributed by atoms with E-state index in [2.05, 4.69) is 21.2 Å². The Bertz CT molecular complexity index is 333. The Morgan fingerprint density at radius 1 is 1.50 bits per heavy atom. The molecule has 0 bridgehead atoms. The first-order valence-electron chi connectivity index (χ1n) is 5.30. The summed E-state index contributed by atoms with van der Waals surface area (Å²) in [6.07, 6.45) is 1.96. The van der Waals surface area contributed by atoms with E-state index >= 15 is 0 Å². The topological polar surface area (TPSA) is 21.3 Å². The van der Waals surface area contributed by atoms with Crippen molar-refractivity contribution in [2.24, 2.45) is 0 Å². The lowest BCUT2D eigenvalue weighted by molar-refractivity contribution is 0.189. The van der Waals surface area contributed by atoms with Crippen molar-refractivity contribution in [1.29, 1.82) is 0 Å². The number of hydrogen-bond donors (Lipinski definition) is 1. The van der Waals surface area contributed by atoms with Crippen molar-refractivity contribution in [3.63, 3.8) is 0 Å². The predicted octanol–water partition coefficient (Wildman–Crippen LogP) is 3.28. The minimum absolute atomic E-state index is 0.226. The van der Waals surface area contributed by atoms with E-state index in [4.69, 9.17) is 4.74 Å². The van der Waals surface area contributed by atoms with Crippen molar-refractivity contribution >= 4 is 15.9 Å². The summed E-state index contributed by atoms with van der Waals surface area (Å²) in [6, 6.07) is 5.37. The Labute approximate surface area is 104 Å². The molecule has 0 radical (unpaired) electrons. The first-order chi connectivity index (χ1) is 7.69. The Morgan fingerprint density at radius 2 is 2.25 bits per heavy atom. The molecule has 2 nitrogen and oxygen atoms in total. The minimum atomic E-state index is -0.226. The second-order valence-corrected chi connectivity index (χ2v) is 4.50. The van der Waals surface area contributed by atoms with Crippen LogP contribution in [0.3, 0.4) is 0 Å². The molecule has 0 aliphatic carbocycles. The van der Waals surface area contributed by atoms with Gasteiger partial charge in [-0.05, 0) is 53.5 Å². The Balaban J connectivity index is 2.67.